The molecule has 0 aliphatic heterocycles. The summed E-state index contributed by atoms with van der Waals surface area (Å²) >= 11 is 0. The van der Waals surface area contributed by atoms with Gasteiger partial charge in [-0.25, -0.2) is 0 Å². The molecular weight excluding hydrogens is 204 g/mol. The molecule has 0 spiro atoms. The van der Waals surface area contributed by atoms with E-state index in [4.69, 9.17) is 0 Å². The first kappa shape index (κ1) is 15.1. The van der Waals surface area contributed by atoms with Crippen LogP contribution in [0.3, 0.4) is 0 Å². The number of rotatable bonds is 3. The molecule has 0 radical (unpaired) electrons. The van der Waals surface area contributed by atoms with Crippen LogP contribution >= 0.6 is 0 Å². The predicted molar refractivity (Wildman–Crippen MR) is 82.4 cm³/mol. The molecule has 106 valence electrons. The van der Waals surface area contributed by atoms with Crippen molar-refractivity contribution in [3.63, 3.8) is 0 Å². The van der Waals surface area contributed by atoms with Crippen molar-refractivity contribution in [3.05, 3.63) is 0 Å². The zero-order valence-electron chi connectivity index (χ0n) is 11.4. The van der Waals surface area contributed by atoms with Gasteiger partial charge in [-0.2, -0.15) is 0 Å². The Kier molecular flexibility index (Phi) is 6.59. The predicted octanol–water partition coefficient (Wildman–Crippen LogP) is 6.55. The first-order chi connectivity index (χ1) is 7.74. The van der Waals surface area contributed by atoms with Gasteiger partial charge in [0, 0.05) is 2.85 Å². The van der Waals surface area contributed by atoms with E-state index < -0.39 is 0 Å². The van der Waals surface area contributed by atoms with Gasteiger partial charge in [0.05, 0.1) is 0 Å². The van der Waals surface area contributed by atoms with Gasteiger partial charge in [0.15, 0.2) is 0 Å². The van der Waals surface area contributed by atoms with Gasteiger partial charge in [-0.15, -0.1) is 0 Å². The second-order valence-electron chi connectivity index (χ2n) is 6.83. The highest BCUT2D eigenvalue weighted by molar-refractivity contribution is 4.74. The Morgan fingerprint density at radius 2 is 0.941 bits per heavy atom. The molecule has 0 amide bonds. The molecule has 0 unspecified atom stereocenters. The first-order valence-electron chi connectivity index (χ1n) is 7.74. The van der Waals surface area contributed by atoms with Crippen LogP contribution in [0.15, 0.2) is 0 Å². The van der Waals surface area contributed by atoms with Crippen LogP contribution in [-0.2, 0) is 0 Å². The monoisotopic (exact) mass is 242 g/mol. The molecule has 0 heterocycles. The van der Waals surface area contributed by atoms with E-state index in [-0.39, 0.29) is 10.3 Å². The van der Waals surface area contributed by atoms with Crippen LogP contribution in [0.4, 0.5) is 0 Å². The summed E-state index contributed by atoms with van der Waals surface area (Å²) in [6, 6.07) is 0. The highest BCUT2D eigenvalue weighted by Crippen LogP contribution is 2.36. The van der Waals surface area contributed by atoms with Crippen LogP contribution in [0, 0.1) is 23.7 Å². The maximum absolute atomic E-state index is 2.43. The average molecular weight is 242 g/mol. The SMILES string of the molecule is C.CC1CCC(CCC2CCC(C)CC2)CC1.[HH].[HH]. The fourth-order valence-corrected chi connectivity index (χ4v) is 3.71. The van der Waals surface area contributed by atoms with E-state index in [0.717, 1.165) is 23.7 Å². The summed E-state index contributed by atoms with van der Waals surface area (Å²) in [5.41, 5.74) is 0. The fraction of sp³-hybridized carbons (Fsp3) is 1.00. The standard InChI is InChI=1S/C16H30.CH4.2H2/c1-13-3-7-15(8-4-13)11-12-16-9-5-14(2)6-10-16;;;/h13-16H,3-12H2,1-2H3;1H4;2*1H. The van der Waals surface area contributed by atoms with Crippen molar-refractivity contribution < 1.29 is 2.85 Å². The zero-order chi connectivity index (χ0) is 11.4. The largest absolute Gasteiger partial charge is 0.0776 e. The summed E-state index contributed by atoms with van der Waals surface area (Å²) in [4.78, 5) is 0. The van der Waals surface area contributed by atoms with Crippen molar-refractivity contribution in [3.8, 4) is 0 Å². The van der Waals surface area contributed by atoms with Crippen LogP contribution in [0.5, 0.6) is 0 Å². The van der Waals surface area contributed by atoms with Crippen LogP contribution < -0.4 is 0 Å². The Balaban J connectivity index is 0. The van der Waals surface area contributed by atoms with Gasteiger partial charge in [-0.3, -0.25) is 0 Å². The molecule has 0 heteroatoms. The molecule has 0 atom stereocenters. The molecule has 2 aliphatic rings. The van der Waals surface area contributed by atoms with E-state index >= 15 is 0 Å². The topological polar surface area (TPSA) is 0 Å². The van der Waals surface area contributed by atoms with Crippen molar-refractivity contribution in [1.82, 2.24) is 0 Å². The first-order valence-corrected chi connectivity index (χ1v) is 7.74. The zero-order valence-corrected chi connectivity index (χ0v) is 11.4. The number of hydrogen-bond donors (Lipinski definition) is 0. The molecule has 0 aromatic heterocycles. The second kappa shape index (κ2) is 7.44. The molecule has 0 nitrogen and oxygen atoms in total. The molecule has 2 saturated carbocycles. The minimum atomic E-state index is 0. The smallest absolute Gasteiger partial charge is 0 e. The normalized spacial score (nSPS) is 38.5. The van der Waals surface area contributed by atoms with Crippen molar-refractivity contribution >= 4 is 0 Å². The summed E-state index contributed by atoms with van der Waals surface area (Å²) in [5, 5.41) is 0. The van der Waals surface area contributed by atoms with E-state index in [1.807, 2.05) is 0 Å². The maximum atomic E-state index is 2.43. The van der Waals surface area contributed by atoms with E-state index in [1.54, 1.807) is 12.8 Å². The molecule has 0 bridgehead atoms. The molecule has 0 saturated heterocycles. The molecule has 2 rings (SSSR count). The minimum Gasteiger partial charge on any atom is -0.0776 e. The third kappa shape index (κ3) is 5.02. The van der Waals surface area contributed by atoms with Crippen LogP contribution in [-0.4, -0.2) is 0 Å². The summed E-state index contributed by atoms with van der Waals surface area (Å²) in [5.74, 6) is 4.23. The quantitative estimate of drug-likeness (QED) is 0.526. The third-order valence-corrected chi connectivity index (χ3v) is 5.25. The summed E-state index contributed by atoms with van der Waals surface area (Å²) in [7, 11) is 0. The van der Waals surface area contributed by atoms with Gasteiger partial charge in [0.2, 0.25) is 0 Å². The Morgan fingerprint density at radius 3 is 1.24 bits per heavy atom. The van der Waals surface area contributed by atoms with Gasteiger partial charge >= 0.3 is 0 Å². The van der Waals surface area contributed by atoms with Gasteiger partial charge in [-0.05, 0) is 23.7 Å². The number of hydrogen-bond acceptors (Lipinski definition) is 0. The van der Waals surface area contributed by atoms with E-state index in [9.17, 15) is 0 Å². The summed E-state index contributed by atoms with van der Waals surface area (Å²) in [6.45, 7) is 4.86. The Bertz CT molecular complexity index is 167. The fourth-order valence-electron chi connectivity index (χ4n) is 3.71. The molecular formula is C17H38. The van der Waals surface area contributed by atoms with Crippen molar-refractivity contribution in [2.75, 3.05) is 0 Å². The van der Waals surface area contributed by atoms with Crippen molar-refractivity contribution in [2.24, 2.45) is 23.7 Å². The van der Waals surface area contributed by atoms with Gasteiger partial charge in [-0.1, -0.05) is 85.5 Å². The highest BCUT2D eigenvalue weighted by Gasteiger charge is 2.22. The Morgan fingerprint density at radius 1 is 0.647 bits per heavy atom. The van der Waals surface area contributed by atoms with Crippen LogP contribution in [0.2, 0.25) is 0 Å². The van der Waals surface area contributed by atoms with Gasteiger partial charge in [0.1, 0.15) is 0 Å². The lowest BCUT2D eigenvalue weighted by atomic mass is 9.76. The summed E-state index contributed by atoms with van der Waals surface area (Å²) in [6.07, 6.45) is 15.2. The summed E-state index contributed by atoms with van der Waals surface area (Å²) < 4.78 is 0. The van der Waals surface area contributed by atoms with E-state index in [2.05, 4.69) is 13.8 Å². The molecule has 0 aromatic carbocycles. The van der Waals surface area contributed by atoms with Crippen molar-refractivity contribution in [1.29, 1.82) is 0 Å². The van der Waals surface area contributed by atoms with Crippen LogP contribution in [0.25, 0.3) is 0 Å². The maximum Gasteiger partial charge on any atom is 0 e. The Labute approximate surface area is 113 Å². The van der Waals surface area contributed by atoms with Gasteiger partial charge in [0.25, 0.3) is 0 Å². The highest BCUT2D eigenvalue weighted by atomic mass is 14.3. The molecule has 2 fully saturated rings. The second-order valence-corrected chi connectivity index (χ2v) is 6.83. The lowest BCUT2D eigenvalue weighted by Gasteiger charge is -2.30. The van der Waals surface area contributed by atoms with E-state index in [0.29, 0.717) is 0 Å². The Hall–Kier alpha value is 0. The molecule has 0 N–H and O–H groups in total. The lowest BCUT2D eigenvalue weighted by Crippen LogP contribution is -2.16. The van der Waals surface area contributed by atoms with Crippen LogP contribution in [0.1, 0.15) is 88.3 Å². The molecule has 0 aromatic rings. The minimum absolute atomic E-state index is 0. The third-order valence-electron chi connectivity index (χ3n) is 5.25. The van der Waals surface area contributed by atoms with E-state index in [1.165, 1.54) is 51.4 Å². The lowest BCUT2D eigenvalue weighted by molar-refractivity contribution is 0.227. The average Bonchev–Trinajstić information content (AvgIpc) is 2.30. The molecule has 17 heavy (non-hydrogen) atoms. The molecule has 2 aliphatic carbocycles. The van der Waals surface area contributed by atoms with Gasteiger partial charge < -0.3 is 0 Å². The van der Waals surface area contributed by atoms with Crippen molar-refractivity contribution in [2.45, 2.75) is 85.5 Å².